The number of amides is 2. The van der Waals surface area contributed by atoms with Gasteiger partial charge in [0.2, 0.25) is 11.8 Å². The average Bonchev–Trinajstić information content (AvgIpc) is 2.50. The van der Waals surface area contributed by atoms with E-state index in [2.05, 4.69) is 5.32 Å². The normalized spacial score (nSPS) is 13.4. The molecule has 114 valence electrons. The average molecular weight is 292 g/mol. The fourth-order valence-electron chi connectivity index (χ4n) is 2.41. The Morgan fingerprint density at radius 3 is 2.38 bits per heavy atom. The van der Waals surface area contributed by atoms with E-state index in [1.807, 2.05) is 12.1 Å². The molecule has 0 aromatic heterocycles. The van der Waals surface area contributed by atoms with Gasteiger partial charge in [-0.3, -0.25) is 9.59 Å². The molecule has 0 spiro atoms. The van der Waals surface area contributed by atoms with Crippen molar-refractivity contribution in [2.45, 2.75) is 19.9 Å². The summed E-state index contributed by atoms with van der Waals surface area (Å²) in [5, 5.41) is 2.53. The Bertz CT molecular complexity index is 557. The minimum absolute atomic E-state index is 0.0396. The predicted octanol–water partition coefficient (Wildman–Crippen LogP) is 0.725. The second kappa shape index (κ2) is 6.47. The van der Waals surface area contributed by atoms with Crippen molar-refractivity contribution < 1.29 is 19.1 Å². The van der Waals surface area contributed by atoms with Crippen LogP contribution in [0.3, 0.4) is 0 Å². The van der Waals surface area contributed by atoms with E-state index < -0.39 is 0 Å². The molecule has 0 atom stereocenters. The molecule has 1 aliphatic rings. The summed E-state index contributed by atoms with van der Waals surface area (Å²) in [5.41, 5.74) is 2.21. The van der Waals surface area contributed by atoms with E-state index in [-0.39, 0.29) is 18.4 Å². The fourth-order valence-corrected chi connectivity index (χ4v) is 2.41. The summed E-state index contributed by atoms with van der Waals surface area (Å²) in [4.78, 5) is 24.7. The molecular weight excluding hydrogens is 272 g/mol. The smallest absolute Gasteiger partial charge is 0.242 e. The number of hydrogen-bond donors (Lipinski definition) is 1. The van der Waals surface area contributed by atoms with Gasteiger partial charge in [-0.2, -0.15) is 0 Å². The van der Waals surface area contributed by atoms with Crippen molar-refractivity contribution in [3.63, 3.8) is 0 Å². The van der Waals surface area contributed by atoms with E-state index in [0.29, 0.717) is 24.6 Å². The number of rotatable bonds is 4. The topological polar surface area (TPSA) is 67.9 Å². The molecule has 1 aromatic rings. The summed E-state index contributed by atoms with van der Waals surface area (Å²) in [5.74, 6) is 1.08. The summed E-state index contributed by atoms with van der Waals surface area (Å²) in [6, 6.07) is 3.87. The maximum absolute atomic E-state index is 12.0. The van der Waals surface area contributed by atoms with Gasteiger partial charge in [-0.05, 0) is 29.7 Å². The molecule has 1 heterocycles. The first-order valence-electron chi connectivity index (χ1n) is 6.81. The molecule has 2 rings (SSSR count). The van der Waals surface area contributed by atoms with E-state index in [1.165, 1.54) is 6.92 Å². The molecule has 0 saturated carbocycles. The molecule has 0 radical (unpaired) electrons. The van der Waals surface area contributed by atoms with Crippen LogP contribution in [0.2, 0.25) is 0 Å². The summed E-state index contributed by atoms with van der Waals surface area (Å²) in [6.07, 6.45) is 0.765. The SMILES string of the molecule is COc1cc2c(cc1OC)CN(C(=O)CNC(C)=O)CC2. The van der Waals surface area contributed by atoms with Crippen LogP contribution in [0.25, 0.3) is 0 Å². The summed E-state index contributed by atoms with van der Waals surface area (Å²) in [6.45, 7) is 2.60. The fraction of sp³-hybridized carbons (Fsp3) is 0.467. The second-order valence-corrected chi connectivity index (χ2v) is 4.95. The maximum atomic E-state index is 12.0. The van der Waals surface area contributed by atoms with Crippen LogP contribution in [0.1, 0.15) is 18.1 Å². The molecule has 21 heavy (non-hydrogen) atoms. The third kappa shape index (κ3) is 3.45. The molecule has 0 unspecified atom stereocenters. The van der Waals surface area contributed by atoms with E-state index in [1.54, 1.807) is 19.1 Å². The number of benzene rings is 1. The highest BCUT2D eigenvalue weighted by molar-refractivity contribution is 5.83. The first-order chi connectivity index (χ1) is 10.0. The zero-order valence-electron chi connectivity index (χ0n) is 12.6. The summed E-state index contributed by atoms with van der Waals surface area (Å²) in [7, 11) is 3.20. The van der Waals surface area contributed by atoms with Crippen LogP contribution in [0.15, 0.2) is 12.1 Å². The van der Waals surface area contributed by atoms with Crippen molar-refractivity contribution >= 4 is 11.8 Å². The lowest BCUT2D eigenvalue weighted by Crippen LogP contribution is -2.42. The summed E-state index contributed by atoms with van der Waals surface area (Å²) < 4.78 is 10.6. The van der Waals surface area contributed by atoms with Crippen LogP contribution in [0.5, 0.6) is 11.5 Å². The van der Waals surface area contributed by atoms with Crippen molar-refractivity contribution in [3.8, 4) is 11.5 Å². The number of ether oxygens (including phenoxy) is 2. The van der Waals surface area contributed by atoms with Gasteiger partial charge < -0.3 is 19.7 Å². The number of carbonyl (C=O) groups excluding carboxylic acids is 2. The van der Waals surface area contributed by atoms with Crippen LogP contribution in [-0.4, -0.2) is 44.0 Å². The lowest BCUT2D eigenvalue weighted by molar-refractivity contribution is -0.133. The standard InChI is InChI=1S/C15H20N2O4/c1-10(18)16-8-15(19)17-5-4-11-6-13(20-2)14(21-3)7-12(11)9-17/h6-7H,4-5,8-9H2,1-3H3,(H,16,18). The van der Waals surface area contributed by atoms with Crippen LogP contribution in [-0.2, 0) is 22.6 Å². The highest BCUT2D eigenvalue weighted by Gasteiger charge is 2.22. The molecule has 0 fully saturated rings. The first kappa shape index (κ1) is 15.2. The molecular formula is C15H20N2O4. The van der Waals surface area contributed by atoms with E-state index in [0.717, 1.165) is 17.5 Å². The molecule has 6 heteroatoms. The van der Waals surface area contributed by atoms with Gasteiger partial charge in [0, 0.05) is 20.0 Å². The van der Waals surface area contributed by atoms with Crippen molar-refractivity contribution in [1.29, 1.82) is 0 Å². The molecule has 0 aliphatic carbocycles. The molecule has 1 aromatic carbocycles. The van der Waals surface area contributed by atoms with Crippen LogP contribution in [0, 0.1) is 0 Å². The zero-order valence-corrected chi connectivity index (χ0v) is 12.6. The Labute approximate surface area is 124 Å². The van der Waals surface area contributed by atoms with Gasteiger partial charge in [0.25, 0.3) is 0 Å². The van der Waals surface area contributed by atoms with E-state index in [4.69, 9.17) is 9.47 Å². The monoisotopic (exact) mass is 292 g/mol. The Balaban J connectivity index is 2.12. The Kier molecular flexibility index (Phi) is 4.67. The number of nitrogens with zero attached hydrogens (tertiary/aromatic N) is 1. The van der Waals surface area contributed by atoms with Gasteiger partial charge in [-0.15, -0.1) is 0 Å². The first-order valence-corrected chi connectivity index (χ1v) is 6.81. The zero-order chi connectivity index (χ0) is 15.4. The third-order valence-electron chi connectivity index (χ3n) is 3.56. The van der Waals surface area contributed by atoms with Gasteiger partial charge in [0.05, 0.1) is 20.8 Å². The number of hydrogen-bond acceptors (Lipinski definition) is 4. The van der Waals surface area contributed by atoms with Crippen LogP contribution >= 0.6 is 0 Å². The number of methoxy groups -OCH3 is 2. The van der Waals surface area contributed by atoms with Gasteiger partial charge in [0.15, 0.2) is 11.5 Å². The molecule has 0 saturated heterocycles. The highest BCUT2D eigenvalue weighted by Crippen LogP contribution is 2.33. The lowest BCUT2D eigenvalue weighted by atomic mass is 9.98. The van der Waals surface area contributed by atoms with Crippen molar-refractivity contribution in [2.24, 2.45) is 0 Å². The second-order valence-electron chi connectivity index (χ2n) is 4.95. The largest absolute Gasteiger partial charge is 0.493 e. The van der Waals surface area contributed by atoms with E-state index >= 15 is 0 Å². The van der Waals surface area contributed by atoms with Crippen molar-refractivity contribution in [3.05, 3.63) is 23.3 Å². The Morgan fingerprint density at radius 1 is 1.19 bits per heavy atom. The molecule has 1 aliphatic heterocycles. The molecule has 0 bridgehead atoms. The Hall–Kier alpha value is -2.24. The van der Waals surface area contributed by atoms with Crippen molar-refractivity contribution in [1.82, 2.24) is 10.2 Å². The Morgan fingerprint density at radius 2 is 1.81 bits per heavy atom. The third-order valence-corrected chi connectivity index (χ3v) is 3.56. The molecule has 6 nitrogen and oxygen atoms in total. The maximum Gasteiger partial charge on any atom is 0.242 e. The van der Waals surface area contributed by atoms with Gasteiger partial charge in [0.1, 0.15) is 0 Å². The quantitative estimate of drug-likeness (QED) is 0.888. The summed E-state index contributed by atoms with van der Waals surface area (Å²) >= 11 is 0. The van der Waals surface area contributed by atoms with Gasteiger partial charge >= 0.3 is 0 Å². The van der Waals surface area contributed by atoms with E-state index in [9.17, 15) is 9.59 Å². The van der Waals surface area contributed by atoms with Crippen molar-refractivity contribution in [2.75, 3.05) is 27.3 Å². The number of carbonyl (C=O) groups is 2. The van der Waals surface area contributed by atoms with Crippen LogP contribution < -0.4 is 14.8 Å². The molecule has 1 N–H and O–H groups in total. The highest BCUT2D eigenvalue weighted by atomic mass is 16.5. The minimum atomic E-state index is -0.202. The van der Waals surface area contributed by atoms with Crippen LogP contribution in [0.4, 0.5) is 0 Å². The number of fused-ring (bicyclic) bond motifs is 1. The predicted molar refractivity (Wildman–Crippen MR) is 77.4 cm³/mol. The minimum Gasteiger partial charge on any atom is -0.493 e. The number of nitrogens with one attached hydrogen (secondary N) is 1. The lowest BCUT2D eigenvalue weighted by Gasteiger charge is -2.29. The van der Waals surface area contributed by atoms with Gasteiger partial charge in [-0.25, -0.2) is 0 Å². The molecule has 2 amide bonds. The van der Waals surface area contributed by atoms with Gasteiger partial charge in [-0.1, -0.05) is 0 Å².